The Hall–Kier alpha value is -3.40. The predicted octanol–water partition coefficient (Wildman–Crippen LogP) is 3.22. The molecule has 0 radical (unpaired) electrons. The number of hydrogen-bond donors (Lipinski definition) is 2. The summed E-state index contributed by atoms with van der Waals surface area (Å²) >= 11 is 1.84. The number of thioether (sulfide) groups is 1. The van der Waals surface area contributed by atoms with Crippen LogP contribution in [-0.2, 0) is 0 Å². The molecule has 0 saturated carbocycles. The highest BCUT2D eigenvalue weighted by atomic mass is 32.2. The fourth-order valence-corrected chi connectivity index (χ4v) is 4.26. The van der Waals surface area contributed by atoms with Gasteiger partial charge in [0.1, 0.15) is 0 Å². The van der Waals surface area contributed by atoms with Gasteiger partial charge in [-0.1, -0.05) is 0 Å². The van der Waals surface area contributed by atoms with E-state index >= 15 is 0 Å². The molecule has 9 nitrogen and oxygen atoms in total. The second-order valence-electron chi connectivity index (χ2n) is 6.95. The number of aryl methyl sites for hydroxylation is 1. The number of nitro benzene ring substituents is 1. The molecule has 1 saturated heterocycles. The van der Waals surface area contributed by atoms with Crippen LogP contribution in [0.3, 0.4) is 0 Å². The van der Waals surface area contributed by atoms with Crippen molar-refractivity contribution >= 4 is 45.9 Å². The lowest BCUT2D eigenvalue weighted by atomic mass is 10.1. The molecular weight excluding hydrogens is 406 g/mol. The minimum absolute atomic E-state index is 0.0121. The van der Waals surface area contributed by atoms with Gasteiger partial charge in [0.25, 0.3) is 17.5 Å². The van der Waals surface area contributed by atoms with E-state index in [-0.39, 0.29) is 17.3 Å². The van der Waals surface area contributed by atoms with Crippen LogP contribution in [0.2, 0.25) is 0 Å². The molecule has 1 aliphatic rings. The Morgan fingerprint density at radius 3 is 2.67 bits per heavy atom. The van der Waals surface area contributed by atoms with Crippen molar-refractivity contribution in [1.82, 2.24) is 15.1 Å². The Bertz CT molecular complexity index is 1150. The Kier molecular flexibility index (Phi) is 5.40. The number of fused-ring (bicyclic) bond motifs is 1. The van der Waals surface area contributed by atoms with Crippen LogP contribution in [0.1, 0.15) is 26.4 Å². The van der Waals surface area contributed by atoms with Crippen molar-refractivity contribution in [2.75, 3.05) is 29.9 Å². The smallest absolute Gasteiger partial charge is 0.276 e. The van der Waals surface area contributed by atoms with E-state index in [1.807, 2.05) is 23.6 Å². The number of carbonyl (C=O) groups excluding carboxylic acids is 2. The molecule has 1 aromatic heterocycles. The second kappa shape index (κ2) is 8.15. The van der Waals surface area contributed by atoms with Crippen molar-refractivity contribution in [3.63, 3.8) is 0 Å². The van der Waals surface area contributed by atoms with Crippen molar-refractivity contribution in [2.24, 2.45) is 0 Å². The average molecular weight is 425 g/mol. The number of nitrogens with one attached hydrogen (secondary N) is 2. The SMILES string of the molecule is Cc1cc(C(=O)N2CCSCC2)ccc1NC(=O)c1n[nH]c2ccc([N+](=O)[O-])cc12. The molecule has 2 N–H and O–H groups in total. The van der Waals surface area contributed by atoms with Crippen LogP contribution in [0.5, 0.6) is 0 Å². The van der Waals surface area contributed by atoms with Gasteiger partial charge >= 0.3 is 0 Å². The van der Waals surface area contributed by atoms with Crippen molar-refractivity contribution in [1.29, 1.82) is 0 Å². The third-order valence-corrected chi connectivity index (χ3v) is 5.93. The first-order valence-corrected chi connectivity index (χ1v) is 10.5. The van der Waals surface area contributed by atoms with Gasteiger partial charge in [-0.15, -0.1) is 0 Å². The summed E-state index contributed by atoms with van der Waals surface area (Å²) in [4.78, 5) is 37.8. The van der Waals surface area contributed by atoms with Crippen molar-refractivity contribution < 1.29 is 14.5 Å². The summed E-state index contributed by atoms with van der Waals surface area (Å²) in [6.07, 6.45) is 0. The number of rotatable bonds is 4. The summed E-state index contributed by atoms with van der Waals surface area (Å²) in [5.74, 6) is 1.38. The molecule has 0 unspecified atom stereocenters. The number of carbonyl (C=O) groups is 2. The Morgan fingerprint density at radius 1 is 1.20 bits per heavy atom. The quantitative estimate of drug-likeness (QED) is 0.489. The molecular formula is C20H19N5O4S. The number of anilines is 1. The van der Waals surface area contributed by atoms with Crippen LogP contribution >= 0.6 is 11.8 Å². The lowest BCUT2D eigenvalue weighted by Crippen LogP contribution is -2.37. The second-order valence-corrected chi connectivity index (χ2v) is 8.17. The average Bonchev–Trinajstić information content (AvgIpc) is 3.18. The Labute approximate surface area is 176 Å². The van der Waals surface area contributed by atoms with Gasteiger partial charge < -0.3 is 10.2 Å². The molecule has 154 valence electrons. The zero-order valence-electron chi connectivity index (χ0n) is 16.2. The monoisotopic (exact) mass is 425 g/mol. The van der Waals surface area contributed by atoms with E-state index in [4.69, 9.17) is 0 Å². The topological polar surface area (TPSA) is 121 Å². The van der Waals surface area contributed by atoms with Crippen LogP contribution < -0.4 is 5.32 Å². The van der Waals surface area contributed by atoms with Gasteiger partial charge in [0.05, 0.1) is 10.4 Å². The molecule has 1 aliphatic heterocycles. The number of aromatic nitrogens is 2. The van der Waals surface area contributed by atoms with E-state index in [1.54, 1.807) is 18.2 Å². The largest absolute Gasteiger partial charge is 0.337 e. The Balaban J connectivity index is 1.55. The summed E-state index contributed by atoms with van der Waals surface area (Å²) in [5, 5.41) is 20.9. The van der Waals surface area contributed by atoms with Crippen molar-refractivity contribution in [3.05, 3.63) is 63.3 Å². The van der Waals surface area contributed by atoms with Crippen LogP contribution in [0, 0.1) is 17.0 Å². The van der Waals surface area contributed by atoms with E-state index in [0.29, 0.717) is 22.2 Å². The molecule has 2 heterocycles. The van der Waals surface area contributed by atoms with Gasteiger partial charge in [-0.2, -0.15) is 16.9 Å². The minimum Gasteiger partial charge on any atom is -0.337 e. The molecule has 0 bridgehead atoms. The zero-order valence-corrected chi connectivity index (χ0v) is 17.0. The lowest BCUT2D eigenvalue weighted by Gasteiger charge is -2.26. The lowest BCUT2D eigenvalue weighted by molar-refractivity contribution is -0.384. The third-order valence-electron chi connectivity index (χ3n) is 4.99. The molecule has 4 rings (SSSR count). The van der Waals surface area contributed by atoms with Gasteiger partial charge in [0.2, 0.25) is 0 Å². The standard InChI is InChI=1S/C20H19N5O4S/c1-12-10-13(20(27)24-6-8-30-9-7-24)2-4-16(12)21-19(26)18-15-11-14(25(28)29)3-5-17(15)22-23-18/h2-5,10-11H,6-9H2,1H3,(H,21,26)(H,22,23). The normalized spacial score (nSPS) is 14.0. The maximum absolute atomic E-state index is 12.7. The van der Waals surface area contributed by atoms with E-state index in [2.05, 4.69) is 15.5 Å². The van der Waals surface area contributed by atoms with Crippen LogP contribution in [0.4, 0.5) is 11.4 Å². The Morgan fingerprint density at radius 2 is 1.97 bits per heavy atom. The molecule has 0 atom stereocenters. The highest BCUT2D eigenvalue weighted by molar-refractivity contribution is 7.99. The summed E-state index contributed by atoms with van der Waals surface area (Å²) in [6, 6.07) is 9.33. The first kappa shape index (κ1) is 19.9. The highest BCUT2D eigenvalue weighted by Gasteiger charge is 2.21. The number of aromatic amines is 1. The number of benzene rings is 2. The number of hydrogen-bond acceptors (Lipinski definition) is 6. The third kappa shape index (κ3) is 3.86. The van der Waals surface area contributed by atoms with E-state index in [9.17, 15) is 19.7 Å². The summed E-state index contributed by atoms with van der Waals surface area (Å²) in [6.45, 7) is 3.28. The summed E-state index contributed by atoms with van der Waals surface area (Å²) in [7, 11) is 0. The van der Waals surface area contributed by atoms with E-state index in [1.165, 1.54) is 18.2 Å². The number of amides is 2. The van der Waals surface area contributed by atoms with Crippen molar-refractivity contribution in [2.45, 2.75) is 6.92 Å². The predicted molar refractivity (Wildman–Crippen MR) is 115 cm³/mol. The fourth-order valence-electron chi connectivity index (χ4n) is 3.36. The molecule has 10 heteroatoms. The van der Waals surface area contributed by atoms with Gasteiger partial charge in [-0.05, 0) is 36.8 Å². The molecule has 3 aromatic rings. The van der Waals surface area contributed by atoms with E-state index < -0.39 is 10.8 Å². The molecule has 30 heavy (non-hydrogen) atoms. The number of nitro groups is 1. The van der Waals surface area contributed by atoms with Gasteiger partial charge in [-0.25, -0.2) is 0 Å². The van der Waals surface area contributed by atoms with Gasteiger partial charge in [0.15, 0.2) is 5.69 Å². The van der Waals surface area contributed by atoms with Crippen molar-refractivity contribution in [3.8, 4) is 0 Å². The number of H-pyrrole nitrogens is 1. The first-order chi connectivity index (χ1) is 14.4. The molecule has 0 spiro atoms. The zero-order chi connectivity index (χ0) is 21.3. The van der Waals surface area contributed by atoms with Gasteiger partial charge in [-0.3, -0.25) is 24.8 Å². The fraction of sp³-hybridized carbons (Fsp3) is 0.250. The van der Waals surface area contributed by atoms with Crippen LogP contribution in [0.15, 0.2) is 36.4 Å². The number of non-ortho nitro benzene ring substituents is 1. The molecule has 2 amide bonds. The highest BCUT2D eigenvalue weighted by Crippen LogP contribution is 2.24. The molecule has 1 fully saturated rings. The van der Waals surface area contributed by atoms with Crippen LogP contribution in [0.25, 0.3) is 10.9 Å². The number of nitrogens with zero attached hydrogens (tertiary/aromatic N) is 3. The molecule has 2 aromatic carbocycles. The minimum atomic E-state index is -0.519. The maximum Gasteiger partial charge on any atom is 0.276 e. The maximum atomic E-state index is 12.7. The van der Waals surface area contributed by atoms with Crippen LogP contribution in [-0.4, -0.2) is 56.4 Å². The van der Waals surface area contributed by atoms with E-state index in [0.717, 1.165) is 30.2 Å². The first-order valence-electron chi connectivity index (χ1n) is 9.35. The molecule has 0 aliphatic carbocycles. The summed E-state index contributed by atoms with van der Waals surface area (Å²) in [5.41, 5.74) is 2.35. The summed E-state index contributed by atoms with van der Waals surface area (Å²) < 4.78 is 0. The van der Waals surface area contributed by atoms with Gasteiger partial charge in [0, 0.05) is 53.4 Å².